The number of halogens is 1. The van der Waals surface area contributed by atoms with Gasteiger partial charge in [-0.3, -0.25) is 0 Å². The van der Waals surface area contributed by atoms with Gasteiger partial charge in [0.1, 0.15) is 5.76 Å². The summed E-state index contributed by atoms with van der Waals surface area (Å²) in [5, 5.41) is 0. The number of rotatable bonds is 7. The lowest BCUT2D eigenvalue weighted by atomic mass is 9.91. The van der Waals surface area contributed by atoms with E-state index in [1.54, 1.807) is 6.08 Å². The van der Waals surface area contributed by atoms with Gasteiger partial charge in [-0.1, -0.05) is 39.0 Å². The van der Waals surface area contributed by atoms with Crippen LogP contribution in [0.25, 0.3) is 0 Å². The van der Waals surface area contributed by atoms with E-state index in [4.69, 9.17) is 4.74 Å². The van der Waals surface area contributed by atoms with E-state index in [2.05, 4.69) is 6.92 Å². The molecule has 98 valence electrons. The molecule has 0 amide bonds. The van der Waals surface area contributed by atoms with Crippen LogP contribution in [0.2, 0.25) is 0 Å². The molecule has 0 saturated carbocycles. The molecule has 0 N–H and O–H groups in total. The summed E-state index contributed by atoms with van der Waals surface area (Å²) >= 11 is 0. The van der Waals surface area contributed by atoms with Gasteiger partial charge >= 0.3 is 0 Å². The van der Waals surface area contributed by atoms with Gasteiger partial charge in [0, 0.05) is 11.5 Å². The molecule has 0 saturated heterocycles. The zero-order valence-electron chi connectivity index (χ0n) is 11.4. The van der Waals surface area contributed by atoms with Crippen LogP contribution >= 0.6 is 0 Å². The summed E-state index contributed by atoms with van der Waals surface area (Å²) in [5.41, 5.74) is -0.272. The van der Waals surface area contributed by atoms with Gasteiger partial charge in [-0.25, -0.2) is 0 Å². The third-order valence-electron chi connectivity index (χ3n) is 3.20. The van der Waals surface area contributed by atoms with E-state index in [1.165, 1.54) is 38.5 Å². The Morgan fingerprint density at radius 2 is 1.82 bits per heavy atom. The Hall–Kier alpha value is -0.790. The Morgan fingerprint density at radius 1 is 1.18 bits per heavy atom. The molecular weight excluding hydrogens is 215 g/mol. The molecule has 0 radical (unpaired) electrons. The first-order valence-corrected chi connectivity index (χ1v) is 6.83. The molecule has 2 heteroatoms. The van der Waals surface area contributed by atoms with E-state index in [0.29, 0.717) is 0 Å². The monoisotopic (exact) mass is 240 g/mol. The molecule has 1 aliphatic rings. The largest absolute Gasteiger partial charge is 0.436 e. The van der Waals surface area contributed by atoms with Crippen molar-refractivity contribution in [2.75, 3.05) is 0 Å². The molecule has 1 rings (SSSR count). The molecule has 1 heterocycles. The lowest BCUT2D eigenvalue weighted by Gasteiger charge is -2.15. The Bertz CT molecular complexity index is 289. The number of unbranched alkanes of at least 4 members (excludes halogenated alkanes) is 6. The topological polar surface area (TPSA) is 9.23 Å². The normalized spacial score (nSPS) is 20.5. The van der Waals surface area contributed by atoms with Crippen LogP contribution in [0, 0.1) is 5.41 Å². The average molecular weight is 240 g/mol. The third-order valence-corrected chi connectivity index (χ3v) is 3.20. The van der Waals surface area contributed by atoms with Crippen LogP contribution in [0.4, 0.5) is 4.39 Å². The Labute approximate surface area is 105 Å². The molecule has 0 bridgehead atoms. The van der Waals surface area contributed by atoms with E-state index in [9.17, 15) is 4.39 Å². The van der Waals surface area contributed by atoms with Gasteiger partial charge in [0.2, 0.25) is 0 Å². The lowest BCUT2D eigenvalue weighted by molar-refractivity contribution is 0.210. The Morgan fingerprint density at radius 3 is 2.41 bits per heavy atom. The van der Waals surface area contributed by atoms with Crippen molar-refractivity contribution in [2.45, 2.75) is 65.7 Å². The summed E-state index contributed by atoms with van der Waals surface area (Å²) in [6, 6.07) is -0.454. The van der Waals surface area contributed by atoms with Crippen LogP contribution in [-0.2, 0) is 4.74 Å². The summed E-state index contributed by atoms with van der Waals surface area (Å²) in [6.45, 7) is 6.19. The molecule has 17 heavy (non-hydrogen) atoms. The highest BCUT2D eigenvalue weighted by molar-refractivity contribution is 5.21. The van der Waals surface area contributed by atoms with Gasteiger partial charge in [0.25, 0.3) is 6.01 Å². The van der Waals surface area contributed by atoms with Crippen LogP contribution in [0.5, 0.6) is 0 Å². The number of ether oxygens (including phenoxy) is 1. The van der Waals surface area contributed by atoms with Crippen LogP contribution in [0.1, 0.15) is 65.7 Å². The highest BCUT2D eigenvalue weighted by Gasteiger charge is 2.30. The molecule has 0 spiro atoms. The maximum atomic E-state index is 13.0. The number of hydrogen-bond acceptors (Lipinski definition) is 1. The fourth-order valence-corrected chi connectivity index (χ4v) is 2.08. The fourth-order valence-electron chi connectivity index (χ4n) is 2.08. The van der Waals surface area contributed by atoms with Gasteiger partial charge in [-0.2, -0.15) is 4.39 Å². The van der Waals surface area contributed by atoms with E-state index >= 15 is 0 Å². The van der Waals surface area contributed by atoms with E-state index in [1.807, 2.05) is 19.9 Å². The maximum Gasteiger partial charge on any atom is 0.274 e. The van der Waals surface area contributed by atoms with Crippen molar-refractivity contribution < 1.29 is 9.13 Å². The van der Waals surface area contributed by atoms with Gasteiger partial charge in [-0.15, -0.1) is 0 Å². The molecular formula is C15H25FO. The van der Waals surface area contributed by atoms with Crippen molar-refractivity contribution >= 4 is 0 Å². The van der Waals surface area contributed by atoms with E-state index < -0.39 is 6.01 Å². The van der Waals surface area contributed by atoms with E-state index in [-0.39, 0.29) is 5.41 Å². The van der Waals surface area contributed by atoms with Crippen molar-refractivity contribution in [3.63, 3.8) is 0 Å². The third kappa shape index (κ3) is 4.93. The molecule has 0 aromatic carbocycles. The van der Waals surface area contributed by atoms with Crippen LogP contribution in [0.15, 0.2) is 23.9 Å². The molecule has 0 fully saturated rings. The van der Waals surface area contributed by atoms with Crippen molar-refractivity contribution in [2.24, 2.45) is 5.41 Å². The zero-order chi connectivity index (χ0) is 12.7. The first-order valence-electron chi connectivity index (χ1n) is 6.83. The first-order chi connectivity index (χ1) is 8.06. The molecule has 1 aliphatic heterocycles. The summed E-state index contributed by atoms with van der Waals surface area (Å²) < 4.78 is 18.1. The van der Waals surface area contributed by atoms with Gasteiger partial charge in [0.15, 0.2) is 0 Å². The summed E-state index contributed by atoms with van der Waals surface area (Å²) in [6.07, 6.45) is 12.3. The van der Waals surface area contributed by atoms with Gasteiger partial charge in [0.05, 0.1) is 0 Å². The quantitative estimate of drug-likeness (QED) is 0.535. The van der Waals surface area contributed by atoms with Crippen molar-refractivity contribution in [1.29, 1.82) is 0 Å². The Balaban J connectivity index is 2.18. The minimum absolute atomic E-state index is 0.272. The molecule has 1 nitrogen and oxygen atoms in total. The molecule has 0 unspecified atom stereocenters. The molecule has 0 aliphatic carbocycles. The second-order valence-corrected chi connectivity index (χ2v) is 5.40. The first kappa shape index (κ1) is 14.3. The van der Waals surface area contributed by atoms with Gasteiger partial charge < -0.3 is 4.74 Å². The van der Waals surface area contributed by atoms with E-state index in [0.717, 1.165) is 12.2 Å². The summed E-state index contributed by atoms with van der Waals surface area (Å²) in [4.78, 5) is 0. The highest BCUT2D eigenvalue weighted by atomic mass is 19.1. The van der Waals surface area contributed by atoms with Crippen LogP contribution in [0.3, 0.4) is 0 Å². The second-order valence-electron chi connectivity index (χ2n) is 5.40. The smallest absolute Gasteiger partial charge is 0.274 e. The molecule has 0 atom stereocenters. The predicted octanol–water partition coefficient (Wildman–Crippen LogP) is 5.49. The SMILES string of the molecule is CCCCCCCC/C=C1/OC(F)=CC1(C)C. The fraction of sp³-hybridized carbons (Fsp3) is 0.733. The highest BCUT2D eigenvalue weighted by Crippen LogP contribution is 2.38. The minimum atomic E-state index is -0.454. The van der Waals surface area contributed by atoms with Crippen molar-refractivity contribution in [3.05, 3.63) is 23.9 Å². The summed E-state index contributed by atoms with van der Waals surface area (Å²) in [7, 11) is 0. The minimum Gasteiger partial charge on any atom is -0.436 e. The molecule has 0 aromatic rings. The number of hydrogen-bond donors (Lipinski definition) is 0. The average Bonchev–Trinajstić information content (AvgIpc) is 2.50. The zero-order valence-corrected chi connectivity index (χ0v) is 11.4. The van der Waals surface area contributed by atoms with Gasteiger partial charge in [-0.05, 0) is 32.8 Å². The lowest BCUT2D eigenvalue weighted by Crippen LogP contribution is -2.07. The second kappa shape index (κ2) is 6.83. The number of allylic oxidation sites excluding steroid dienone is 2. The Kier molecular flexibility index (Phi) is 5.73. The standard InChI is InChI=1S/C15H25FO/c1-4-5-6-7-8-9-10-11-13-15(2,3)12-14(16)17-13/h11-12H,4-10H2,1-3H3/b13-11+. The molecule has 0 aromatic heterocycles. The van der Waals surface area contributed by atoms with Crippen LogP contribution in [-0.4, -0.2) is 0 Å². The van der Waals surface area contributed by atoms with Crippen LogP contribution < -0.4 is 0 Å². The predicted molar refractivity (Wildman–Crippen MR) is 70.1 cm³/mol. The van der Waals surface area contributed by atoms with Crippen molar-refractivity contribution in [3.8, 4) is 0 Å². The maximum absolute atomic E-state index is 13.0. The summed E-state index contributed by atoms with van der Waals surface area (Å²) in [5.74, 6) is 0.767. The van der Waals surface area contributed by atoms with Crippen molar-refractivity contribution in [1.82, 2.24) is 0 Å².